The molecular weight excluding hydrogens is 453 g/mol. The molecule has 1 aromatic carbocycles. The van der Waals surface area contributed by atoms with Gasteiger partial charge in [0, 0.05) is 45.8 Å². The molecule has 9 heteroatoms. The summed E-state index contributed by atoms with van der Waals surface area (Å²) >= 11 is 0. The molecule has 2 aliphatic heterocycles. The van der Waals surface area contributed by atoms with Crippen LogP contribution < -0.4 is 10.6 Å². The molecule has 7 nitrogen and oxygen atoms in total. The first-order valence-electron chi connectivity index (χ1n) is 8.36. The molecule has 25 heavy (non-hydrogen) atoms. The van der Waals surface area contributed by atoms with Gasteiger partial charge in [-0.3, -0.25) is 4.99 Å². The zero-order valence-electron chi connectivity index (χ0n) is 14.4. The monoisotopic (exact) mass is 479 g/mol. The van der Waals surface area contributed by atoms with Crippen molar-refractivity contribution in [3.8, 4) is 0 Å². The van der Waals surface area contributed by atoms with E-state index in [2.05, 4.69) is 20.5 Å². The molecule has 0 atom stereocenters. The normalized spacial score (nSPS) is 19.5. The molecule has 0 amide bonds. The summed E-state index contributed by atoms with van der Waals surface area (Å²) in [7, 11) is -1.45. The Morgan fingerprint density at radius 1 is 1.20 bits per heavy atom. The molecule has 0 bridgehead atoms. The Balaban J connectivity index is 0.00000225. The highest BCUT2D eigenvalue weighted by Crippen LogP contribution is 2.21. The molecule has 3 rings (SSSR count). The average Bonchev–Trinajstić information content (AvgIpc) is 2.61. The Hall–Kier alpha value is -0.910. The molecule has 1 saturated heterocycles. The Bertz CT molecular complexity index is 702. The van der Waals surface area contributed by atoms with Crippen molar-refractivity contribution in [3.63, 3.8) is 0 Å². The minimum absolute atomic E-state index is 0. The topological polar surface area (TPSA) is 77.0 Å². The lowest BCUT2D eigenvalue weighted by molar-refractivity contribution is 0.222. The second kappa shape index (κ2) is 9.15. The van der Waals surface area contributed by atoms with Gasteiger partial charge >= 0.3 is 0 Å². The van der Waals surface area contributed by atoms with Gasteiger partial charge in [-0.15, -0.1) is 24.0 Å². The lowest BCUT2D eigenvalue weighted by atomic mass is 10.2. The Morgan fingerprint density at radius 2 is 1.92 bits per heavy atom. The standard InChI is InChI=1S/C16H25N5O2S.HI/c1-20-9-11-21(12-10-20)24(22,23)15-6-3-2-5-14(15)13-19-16-17-7-4-8-18-16;/h2-3,5-6H,4,7-13H2,1H3,(H2,17,18,19);1H. The van der Waals surface area contributed by atoms with E-state index in [-0.39, 0.29) is 24.0 Å². The number of nitrogens with zero attached hydrogens (tertiary/aromatic N) is 3. The van der Waals surface area contributed by atoms with Gasteiger partial charge in [0.05, 0.1) is 4.90 Å². The molecule has 2 aliphatic rings. The fraction of sp³-hybridized carbons (Fsp3) is 0.562. The van der Waals surface area contributed by atoms with Crippen molar-refractivity contribution < 1.29 is 8.42 Å². The van der Waals surface area contributed by atoms with Crippen LogP contribution in [0.5, 0.6) is 0 Å². The van der Waals surface area contributed by atoms with E-state index in [9.17, 15) is 8.42 Å². The van der Waals surface area contributed by atoms with Gasteiger partial charge in [-0.2, -0.15) is 4.31 Å². The maximum atomic E-state index is 13.0. The van der Waals surface area contributed by atoms with Crippen LogP contribution in [0.4, 0.5) is 0 Å². The van der Waals surface area contributed by atoms with Crippen molar-refractivity contribution in [1.82, 2.24) is 19.8 Å². The van der Waals surface area contributed by atoms with E-state index in [0.717, 1.165) is 44.1 Å². The molecule has 0 radical (unpaired) electrons. The van der Waals surface area contributed by atoms with E-state index in [4.69, 9.17) is 0 Å². The molecular formula is C16H26IN5O2S. The minimum atomic E-state index is -3.46. The van der Waals surface area contributed by atoms with E-state index in [0.29, 0.717) is 24.5 Å². The number of sulfonamides is 1. The second-order valence-corrected chi connectivity index (χ2v) is 8.09. The third-order valence-corrected chi connectivity index (χ3v) is 6.40. The molecule has 140 valence electrons. The quantitative estimate of drug-likeness (QED) is 0.622. The number of aliphatic imine (C=N–C) groups is 1. The molecule has 2 heterocycles. The van der Waals surface area contributed by atoms with E-state index >= 15 is 0 Å². The van der Waals surface area contributed by atoms with E-state index in [1.165, 1.54) is 0 Å². The van der Waals surface area contributed by atoms with E-state index < -0.39 is 10.0 Å². The van der Waals surface area contributed by atoms with Crippen LogP contribution in [0.15, 0.2) is 34.2 Å². The van der Waals surface area contributed by atoms with Crippen LogP contribution in [-0.4, -0.2) is 69.9 Å². The first-order valence-corrected chi connectivity index (χ1v) is 9.80. The summed E-state index contributed by atoms with van der Waals surface area (Å²) in [5.74, 6) is 0.744. The molecule has 0 spiro atoms. The lowest BCUT2D eigenvalue weighted by Crippen LogP contribution is -2.47. The number of hydrogen-bond donors (Lipinski definition) is 2. The van der Waals surface area contributed by atoms with Gasteiger partial charge in [-0.25, -0.2) is 8.42 Å². The Kier molecular flexibility index (Phi) is 7.47. The zero-order chi connectivity index (χ0) is 17.0. The van der Waals surface area contributed by atoms with Crippen LogP contribution in [0.3, 0.4) is 0 Å². The summed E-state index contributed by atoms with van der Waals surface area (Å²) in [5, 5.41) is 6.40. The van der Waals surface area contributed by atoms with Gasteiger partial charge in [0.1, 0.15) is 0 Å². The van der Waals surface area contributed by atoms with Crippen LogP contribution in [0.25, 0.3) is 0 Å². The van der Waals surface area contributed by atoms with Crippen LogP contribution >= 0.6 is 24.0 Å². The number of nitrogens with one attached hydrogen (secondary N) is 2. The van der Waals surface area contributed by atoms with Crippen molar-refractivity contribution in [1.29, 1.82) is 0 Å². The summed E-state index contributed by atoms with van der Waals surface area (Å²) in [4.78, 5) is 6.90. The number of hydrogen-bond acceptors (Lipinski definition) is 6. The average molecular weight is 479 g/mol. The summed E-state index contributed by atoms with van der Waals surface area (Å²) in [5.41, 5.74) is 0.770. The molecule has 0 saturated carbocycles. The number of rotatable bonds is 4. The number of piperazine rings is 1. The summed E-state index contributed by atoms with van der Waals surface area (Å²) in [6.45, 7) is 4.74. The van der Waals surface area contributed by atoms with Gasteiger partial charge in [0.2, 0.25) is 10.0 Å². The molecule has 0 aromatic heterocycles. The van der Waals surface area contributed by atoms with Crippen LogP contribution in [0.1, 0.15) is 12.0 Å². The van der Waals surface area contributed by atoms with Gasteiger partial charge in [0.15, 0.2) is 5.96 Å². The van der Waals surface area contributed by atoms with Gasteiger partial charge < -0.3 is 15.5 Å². The smallest absolute Gasteiger partial charge is 0.243 e. The molecule has 2 N–H and O–H groups in total. The van der Waals surface area contributed by atoms with Crippen LogP contribution in [-0.2, 0) is 16.6 Å². The Labute approximate surface area is 166 Å². The van der Waals surface area contributed by atoms with Crippen molar-refractivity contribution in [2.24, 2.45) is 4.99 Å². The fourth-order valence-electron chi connectivity index (χ4n) is 2.90. The van der Waals surface area contributed by atoms with Crippen molar-refractivity contribution in [2.75, 3.05) is 46.3 Å². The highest BCUT2D eigenvalue weighted by molar-refractivity contribution is 14.0. The highest BCUT2D eigenvalue weighted by atomic mass is 127. The van der Waals surface area contributed by atoms with Crippen molar-refractivity contribution in [3.05, 3.63) is 29.8 Å². The molecule has 0 unspecified atom stereocenters. The number of guanidine groups is 1. The SMILES string of the molecule is CN1CCN(S(=O)(=O)c2ccccc2CNC2=NCCCN2)CC1.I. The largest absolute Gasteiger partial charge is 0.356 e. The van der Waals surface area contributed by atoms with E-state index in [1.807, 2.05) is 19.2 Å². The number of benzene rings is 1. The number of likely N-dealkylation sites (N-methyl/N-ethyl adjacent to an activating group) is 1. The maximum absolute atomic E-state index is 13.0. The molecule has 0 aliphatic carbocycles. The second-order valence-electron chi connectivity index (χ2n) is 6.18. The minimum Gasteiger partial charge on any atom is -0.356 e. The predicted octanol–water partition coefficient (Wildman–Crippen LogP) is 0.680. The third-order valence-electron chi connectivity index (χ3n) is 4.40. The maximum Gasteiger partial charge on any atom is 0.243 e. The molecule has 1 fully saturated rings. The fourth-order valence-corrected chi connectivity index (χ4v) is 4.54. The van der Waals surface area contributed by atoms with Crippen molar-refractivity contribution in [2.45, 2.75) is 17.9 Å². The van der Waals surface area contributed by atoms with Gasteiger partial charge in [-0.05, 0) is 25.1 Å². The van der Waals surface area contributed by atoms with Gasteiger partial charge in [-0.1, -0.05) is 18.2 Å². The summed E-state index contributed by atoms with van der Waals surface area (Å²) < 4.78 is 27.6. The summed E-state index contributed by atoms with van der Waals surface area (Å²) in [6.07, 6.45) is 1.03. The predicted molar refractivity (Wildman–Crippen MR) is 110 cm³/mol. The number of halogens is 1. The molecule has 1 aromatic rings. The van der Waals surface area contributed by atoms with Crippen molar-refractivity contribution >= 4 is 40.0 Å². The highest BCUT2D eigenvalue weighted by Gasteiger charge is 2.29. The third kappa shape index (κ3) is 5.05. The van der Waals surface area contributed by atoms with E-state index in [1.54, 1.807) is 16.4 Å². The first kappa shape index (κ1) is 20.4. The lowest BCUT2D eigenvalue weighted by Gasteiger charge is -2.32. The van der Waals surface area contributed by atoms with Crippen LogP contribution in [0, 0.1) is 0 Å². The van der Waals surface area contributed by atoms with Crippen LogP contribution in [0.2, 0.25) is 0 Å². The first-order chi connectivity index (χ1) is 11.6. The summed E-state index contributed by atoms with van der Waals surface area (Å²) in [6, 6.07) is 7.21. The van der Waals surface area contributed by atoms with Gasteiger partial charge in [0.25, 0.3) is 0 Å². The Morgan fingerprint density at radius 3 is 2.60 bits per heavy atom. The zero-order valence-corrected chi connectivity index (χ0v) is 17.6.